The van der Waals surface area contributed by atoms with Crippen LogP contribution >= 0.6 is 33.9 Å². The number of fused-ring (bicyclic) bond motifs is 1. The molecule has 2 aromatic heterocycles. The minimum absolute atomic E-state index is 0.955. The lowest BCUT2D eigenvalue weighted by Crippen LogP contribution is -1.87. The van der Waals surface area contributed by atoms with Gasteiger partial charge in [0.1, 0.15) is 5.01 Å². The van der Waals surface area contributed by atoms with Crippen molar-refractivity contribution in [1.82, 2.24) is 15.2 Å². The van der Waals surface area contributed by atoms with Gasteiger partial charge in [-0.1, -0.05) is 29.5 Å². The number of aromatic nitrogens is 3. The second kappa shape index (κ2) is 4.30. The Bertz CT molecular complexity index is 693. The lowest BCUT2D eigenvalue weighted by Gasteiger charge is -2.04. The number of nitrogens with zero attached hydrogens (tertiary/aromatic N) is 3. The van der Waals surface area contributed by atoms with Gasteiger partial charge in [-0.15, -0.1) is 10.2 Å². The summed E-state index contributed by atoms with van der Waals surface area (Å²) in [6, 6.07) is 10.2. The summed E-state index contributed by atoms with van der Waals surface area (Å²) in [5, 5.41) is 10.4. The van der Waals surface area contributed by atoms with Crippen LogP contribution in [-0.2, 0) is 0 Å². The molecule has 17 heavy (non-hydrogen) atoms. The number of hydrogen-bond acceptors (Lipinski definition) is 4. The van der Waals surface area contributed by atoms with Crippen molar-refractivity contribution < 1.29 is 0 Å². The minimum Gasteiger partial charge on any atom is -0.253 e. The molecule has 3 nitrogen and oxygen atoms in total. The Kier molecular flexibility index (Phi) is 2.79. The Balaban J connectivity index is 2.35. The van der Waals surface area contributed by atoms with E-state index in [1.807, 2.05) is 25.1 Å². The quantitative estimate of drug-likeness (QED) is 0.627. The Morgan fingerprint density at radius 2 is 2.00 bits per heavy atom. The van der Waals surface area contributed by atoms with Gasteiger partial charge in [0.25, 0.3) is 0 Å². The van der Waals surface area contributed by atoms with Crippen LogP contribution in [0.25, 0.3) is 21.5 Å². The summed E-state index contributed by atoms with van der Waals surface area (Å²) in [6.07, 6.45) is 0. The van der Waals surface area contributed by atoms with E-state index in [9.17, 15) is 0 Å². The molecule has 2 heterocycles. The minimum atomic E-state index is 0.955. The van der Waals surface area contributed by atoms with E-state index in [0.29, 0.717) is 0 Å². The molecule has 0 fully saturated rings. The van der Waals surface area contributed by atoms with Crippen molar-refractivity contribution >= 4 is 44.8 Å². The van der Waals surface area contributed by atoms with Crippen LogP contribution in [0.2, 0.25) is 0 Å². The molecule has 0 amide bonds. The van der Waals surface area contributed by atoms with Crippen LogP contribution in [0.5, 0.6) is 0 Å². The van der Waals surface area contributed by atoms with Gasteiger partial charge in [-0.2, -0.15) is 0 Å². The average molecular weight is 353 g/mol. The van der Waals surface area contributed by atoms with Crippen LogP contribution < -0.4 is 0 Å². The average Bonchev–Trinajstić information content (AvgIpc) is 2.74. The van der Waals surface area contributed by atoms with Crippen LogP contribution in [0, 0.1) is 9.94 Å². The SMILES string of the molecule is Cc1cc(-c2nnc(I)s2)c2ccccc2n1. The van der Waals surface area contributed by atoms with Gasteiger partial charge in [0, 0.05) is 16.6 Å². The first-order chi connectivity index (χ1) is 8.24. The van der Waals surface area contributed by atoms with Crippen molar-refractivity contribution in [1.29, 1.82) is 0 Å². The molecule has 0 saturated carbocycles. The van der Waals surface area contributed by atoms with Crippen molar-refractivity contribution in [3.63, 3.8) is 0 Å². The third-order valence-corrected chi connectivity index (χ3v) is 4.10. The maximum atomic E-state index is 4.52. The third kappa shape index (κ3) is 2.04. The highest BCUT2D eigenvalue weighted by Crippen LogP contribution is 2.30. The van der Waals surface area contributed by atoms with E-state index in [1.165, 1.54) is 0 Å². The molecule has 0 aliphatic carbocycles. The molecule has 0 radical (unpaired) electrons. The first-order valence-corrected chi connectivity index (χ1v) is 6.99. The zero-order valence-electron chi connectivity index (χ0n) is 9.01. The van der Waals surface area contributed by atoms with Gasteiger partial charge in [0.05, 0.1) is 5.52 Å². The second-order valence-electron chi connectivity index (χ2n) is 3.69. The summed E-state index contributed by atoms with van der Waals surface area (Å²) in [5.41, 5.74) is 3.13. The maximum absolute atomic E-state index is 4.52. The zero-order chi connectivity index (χ0) is 11.8. The van der Waals surface area contributed by atoms with Gasteiger partial charge >= 0.3 is 0 Å². The molecule has 0 unspecified atom stereocenters. The van der Waals surface area contributed by atoms with Crippen molar-refractivity contribution in [3.05, 3.63) is 39.0 Å². The summed E-state index contributed by atoms with van der Waals surface area (Å²) < 4.78 is 0.955. The molecule has 0 aliphatic heterocycles. The maximum Gasteiger partial charge on any atom is 0.178 e. The van der Waals surface area contributed by atoms with Crippen molar-refractivity contribution in [2.24, 2.45) is 0 Å². The molecule has 3 rings (SSSR count). The molecule has 0 bridgehead atoms. The highest BCUT2D eigenvalue weighted by atomic mass is 127. The number of para-hydroxylation sites is 1. The van der Waals surface area contributed by atoms with Crippen molar-refractivity contribution in [3.8, 4) is 10.6 Å². The van der Waals surface area contributed by atoms with E-state index in [4.69, 9.17) is 0 Å². The van der Waals surface area contributed by atoms with Crippen molar-refractivity contribution in [2.75, 3.05) is 0 Å². The zero-order valence-corrected chi connectivity index (χ0v) is 12.0. The summed E-state index contributed by atoms with van der Waals surface area (Å²) in [7, 11) is 0. The molecule has 1 aromatic carbocycles. The molecule has 0 saturated heterocycles. The lowest BCUT2D eigenvalue weighted by atomic mass is 10.1. The monoisotopic (exact) mass is 353 g/mol. The van der Waals surface area contributed by atoms with Crippen LogP contribution in [-0.4, -0.2) is 15.2 Å². The first-order valence-electron chi connectivity index (χ1n) is 5.10. The van der Waals surface area contributed by atoms with E-state index < -0.39 is 0 Å². The van der Waals surface area contributed by atoms with E-state index in [1.54, 1.807) is 11.3 Å². The number of pyridine rings is 1. The molecule has 5 heteroatoms. The molecular weight excluding hydrogens is 345 g/mol. The highest BCUT2D eigenvalue weighted by molar-refractivity contribution is 14.1. The Morgan fingerprint density at radius 1 is 1.18 bits per heavy atom. The topological polar surface area (TPSA) is 38.7 Å². The van der Waals surface area contributed by atoms with E-state index >= 15 is 0 Å². The normalized spacial score (nSPS) is 10.9. The van der Waals surface area contributed by atoms with E-state index in [2.05, 4.69) is 49.9 Å². The molecule has 0 N–H and O–H groups in total. The fraction of sp³-hybridized carbons (Fsp3) is 0.0833. The summed E-state index contributed by atoms with van der Waals surface area (Å²) >= 11 is 3.79. The van der Waals surface area contributed by atoms with E-state index in [-0.39, 0.29) is 0 Å². The van der Waals surface area contributed by atoms with Crippen LogP contribution in [0.1, 0.15) is 5.69 Å². The number of rotatable bonds is 1. The van der Waals surface area contributed by atoms with E-state index in [0.717, 1.165) is 30.2 Å². The summed E-state index contributed by atoms with van der Waals surface area (Å²) in [5.74, 6) is 0. The van der Waals surface area contributed by atoms with Gasteiger partial charge in [-0.05, 0) is 41.6 Å². The van der Waals surface area contributed by atoms with Crippen molar-refractivity contribution in [2.45, 2.75) is 6.92 Å². The largest absolute Gasteiger partial charge is 0.253 e. The molecule has 0 aliphatic rings. The number of benzene rings is 1. The lowest BCUT2D eigenvalue weighted by molar-refractivity contribution is 1.07. The third-order valence-electron chi connectivity index (χ3n) is 2.47. The fourth-order valence-corrected chi connectivity index (χ4v) is 3.13. The van der Waals surface area contributed by atoms with Crippen LogP contribution in [0.3, 0.4) is 0 Å². The molecule has 3 aromatic rings. The number of aryl methyl sites for hydroxylation is 1. The Labute approximate surface area is 116 Å². The number of hydrogen-bond donors (Lipinski definition) is 0. The van der Waals surface area contributed by atoms with Gasteiger partial charge in [-0.3, -0.25) is 4.98 Å². The molecule has 84 valence electrons. The fourth-order valence-electron chi connectivity index (χ4n) is 1.80. The second-order valence-corrected chi connectivity index (χ2v) is 6.42. The summed E-state index contributed by atoms with van der Waals surface area (Å²) in [4.78, 5) is 4.52. The van der Waals surface area contributed by atoms with Gasteiger partial charge in [0.2, 0.25) is 0 Å². The van der Waals surface area contributed by atoms with Crippen LogP contribution in [0.4, 0.5) is 0 Å². The number of halogens is 1. The predicted molar refractivity (Wildman–Crippen MR) is 78.1 cm³/mol. The predicted octanol–water partition coefficient (Wildman–Crippen LogP) is 3.67. The smallest absolute Gasteiger partial charge is 0.178 e. The Hall–Kier alpha value is -1.08. The van der Waals surface area contributed by atoms with Gasteiger partial charge in [-0.25, -0.2) is 0 Å². The standard InChI is InChI=1S/C12H8IN3S/c1-7-6-9(11-15-16-12(13)17-11)8-4-2-3-5-10(8)14-7/h2-6H,1H3. The Morgan fingerprint density at radius 3 is 2.76 bits per heavy atom. The van der Waals surface area contributed by atoms with Gasteiger partial charge < -0.3 is 0 Å². The van der Waals surface area contributed by atoms with Gasteiger partial charge in [0.15, 0.2) is 3.01 Å². The van der Waals surface area contributed by atoms with Crippen LogP contribution in [0.15, 0.2) is 30.3 Å². The molecule has 0 atom stereocenters. The molecule has 0 spiro atoms. The first kappa shape index (κ1) is 11.0. The summed E-state index contributed by atoms with van der Waals surface area (Å²) in [6.45, 7) is 2.00. The highest BCUT2D eigenvalue weighted by Gasteiger charge is 2.10. The molecular formula is C12H8IN3S.